The summed E-state index contributed by atoms with van der Waals surface area (Å²) in [5, 5.41) is 13.6. The number of benzene rings is 1. The van der Waals surface area contributed by atoms with Crippen LogP contribution in [-0.4, -0.2) is 27.1 Å². The van der Waals surface area contributed by atoms with Crippen LogP contribution in [0, 0.1) is 11.3 Å². The fourth-order valence-corrected chi connectivity index (χ4v) is 2.07. The second-order valence-corrected chi connectivity index (χ2v) is 4.56. The van der Waals surface area contributed by atoms with Gasteiger partial charge >= 0.3 is 0 Å². The molecule has 0 fully saturated rings. The van der Waals surface area contributed by atoms with Crippen LogP contribution in [0.1, 0.15) is 5.56 Å². The number of nitriles is 1. The highest BCUT2D eigenvalue weighted by atomic mass is 32.2. The maximum absolute atomic E-state index is 8.76. The summed E-state index contributed by atoms with van der Waals surface area (Å²) in [5.41, 5.74) is 0.605. The van der Waals surface area contributed by atoms with Gasteiger partial charge in [-0.3, -0.25) is 0 Å². The number of aromatic nitrogens is 3. The van der Waals surface area contributed by atoms with Crippen molar-refractivity contribution in [2.75, 3.05) is 12.4 Å². The second-order valence-electron chi connectivity index (χ2n) is 3.50. The van der Waals surface area contributed by atoms with Crippen LogP contribution in [0.4, 0.5) is 0 Å². The van der Waals surface area contributed by atoms with Crippen LogP contribution in [0.3, 0.4) is 0 Å². The molecule has 0 radical (unpaired) electrons. The Labute approximate surface area is 109 Å². The Morgan fingerprint density at radius 2 is 2.39 bits per heavy atom. The zero-order valence-corrected chi connectivity index (χ0v) is 10.7. The topological polar surface area (TPSA) is 63.7 Å². The Balaban J connectivity index is 1.79. The maximum Gasteiger partial charge on any atom is 0.185 e. The standard InChI is InChI=1S/C12H12N4OS/c1-16-12(14-9-15-16)18-6-5-17-11-4-2-3-10(7-11)8-13/h2-4,7,9H,5-6H2,1H3. The molecule has 18 heavy (non-hydrogen) atoms. The van der Waals surface area contributed by atoms with E-state index in [4.69, 9.17) is 10.00 Å². The van der Waals surface area contributed by atoms with Crippen LogP contribution in [0.25, 0.3) is 0 Å². The molecule has 0 aliphatic heterocycles. The Kier molecular flexibility index (Phi) is 4.20. The smallest absolute Gasteiger partial charge is 0.185 e. The molecule has 6 heteroatoms. The highest BCUT2D eigenvalue weighted by Gasteiger charge is 2.01. The minimum absolute atomic E-state index is 0.562. The van der Waals surface area contributed by atoms with Gasteiger partial charge in [-0.05, 0) is 18.2 Å². The van der Waals surface area contributed by atoms with Crippen molar-refractivity contribution < 1.29 is 4.74 Å². The van der Waals surface area contributed by atoms with Gasteiger partial charge in [0.15, 0.2) is 5.16 Å². The first-order valence-electron chi connectivity index (χ1n) is 5.39. The lowest BCUT2D eigenvalue weighted by molar-refractivity contribution is 0.343. The molecular formula is C12H12N4OS. The lowest BCUT2D eigenvalue weighted by Gasteiger charge is -2.05. The van der Waals surface area contributed by atoms with Crippen molar-refractivity contribution in [3.8, 4) is 11.8 Å². The molecule has 92 valence electrons. The summed E-state index contributed by atoms with van der Waals surface area (Å²) in [6.45, 7) is 0.562. The summed E-state index contributed by atoms with van der Waals surface area (Å²) in [4.78, 5) is 4.10. The summed E-state index contributed by atoms with van der Waals surface area (Å²) in [7, 11) is 1.85. The molecule has 5 nitrogen and oxygen atoms in total. The molecule has 1 aromatic heterocycles. The van der Waals surface area contributed by atoms with Crippen LogP contribution >= 0.6 is 11.8 Å². The normalized spacial score (nSPS) is 10.0. The highest BCUT2D eigenvalue weighted by molar-refractivity contribution is 7.99. The van der Waals surface area contributed by atoms with Gasteiger partial charge in [0.1, 0.15) is 12.1 Å². The van der Waals surface area contributed by atoms with E-state index in [0.717, 1.165) is 10.9 Å². The summed E-state index contributed by atoms with van der Waals surface area (Å²) >= 11 is 1.58. The number of aryl methyl sites for hydroxylation is 1. The lowest BCUT2D eigenvalue weighted by atomic mass is 10.2. The van der Waals surface area contributed by atoms with E-state index in [-0.39, 0.29) is 0 Å². The number of hydrogen-bond donors (Lipinski definition) is 0. The van der Waals surface area contributed by atoms with Gasteiger partial charge in [0.25, 0.3) is 0 Å². The van der Waals surface area contributed by atoms with Crippen molar-refractivity contribution >= 4 is 11.8 Å². The van der Waals surface area contributed by atoms with Crippen molar-refractivity contribution in [3.63, 3.8) is 0 Å². The van der Waals surface area contributed by atoms with Gasteiger partial charge in [-0.25, -0.2) is 9.67 Å². The molecule has 0 N–H and O–H groups in total. The molecular weight excluding hydrogens is 248 g/mol. The molecule has 0 amide bonds. The molecule has 2 rings (SSSR count). The van der Waals surface area contributed by atoms with Crippen LogP contribution in [-0.2, 0) is 7.05 Å². The molecule has 0 aliphatic carbocycles. The summed E-state index contributed by atoms with van der Waals surface area (Å²) in [6.07, 6.45) is 1.53. The Morgan fingerprint density at radius 3 is 3.11 bits per heavy atom. The van der Waals surface area contributed by atoms with Crippen LogP contribution in [0.2, 0.25) is 0 Å². The van der Waals surface area contributed by atoms with E-state index in [1.807, 2.05) is 19.2 Å². The molecule has 0 saturated carbocycles. The molecule has 1 heterocycles. The highest BCUT2D eigenvalue weighted by Crippen LogP contribution is 2.15. The van der Waals surface area contributed by atoms with Gasteiger partial charge in [0, 0.05) is 12.8 Å². The third-order valence-corrected chi connectivity index (χ3v) is 3.21. The summed E-state index contributed by atoms with van der Waals surface area (Å²) < 4.78 is 7.28. The molecule has 0 aliphatic rings. The number of hydrogen-bond acceptors (Lipinski definition) is 5. The van der Waals surface area contributed by atoms with E-state index in [2.05, 4.69) is 16.2 Å². The van der Waals surface area contributed by atoms with Crippen LogP contribution < -0.4 is 4.74 Å². The first-order valence-corrected chi connectivity index (χ1v) is 6.38. The Bertz CT molecular complexity index is 561. The Hall–Kier alpha value is -2.00. The van der Waals surface area contributed by atoms with Gasteiger partial charge in [-0.2, -0.15) is 10.4 Å². The molecule has 0 bridgehead atoms. The van der Waals surface area contributed by atoms with Crippen LogP contribution in [0.15, 0.2) is 35.7 Å². The molecule has 1 aromatic carbocycles. The van der Waals surface area contributed by atoms with Crippen molar-refractivity contribution in [1.82, 2.24) is 14.8 Å². The average molecular weight is 260 g/mol. The third-order valence-electron chi connectivity index (χ3n) is 2.22. The van der Waals surface area contributed by atoms with E-state index in [1.54, 1.807) is 28.6 Å². The third kappa shape index (κ3) is 3.25. The van der Waals surface area contributed by atoms with Crippen molar-refractivity contribution in [2.24, 2.45) is 7.05 Å². The fourth-order valence-electron chi connectivity index (χ4n) is 1.36. The minimum Gasteiger partial charge on any atom is -0.493 e. The molecule has 2 aromatic rings. The SMILES string of the molecule is Cn1ncnc1SCCOc1cccc(C#N)c1. The maximum atomic E-state index is 8.76. The van der Waals surface area contributed by atoms with E-state index in [1.165, 1.54) is 6.33 Å². The fraction of sp³-hybridized carbons (Fsp3) is 0.250. The number of rotatable bonds is 5. The summed E-state index contributed by atoms with van der Waals surface area (Å²) in [6, 6.07) is 9.21. The van der Waals surface area contributed by atoms with E-state index in [9.17, 15) is 0 Å². The quantitative estimate of drug-likeness (QED) is 0.606. The van der Waals surface area contributed by atoms with Crippen molar-refractivity contribution in [1.29, 1.82) is 5.26 Å². The van der Waals surface area contributed by atoms with Crippen molar-refractivity contribution in [3.05, 3.63) is 36.2 Å². The predicted octanol–water partition coefficient (Wildman–Crippen LogP) is 1.86. The number of nitrogens with zero attached hydrogens (tertiary/aromatic N) is 4. The van der Waals surface area contributed by atoms with Crippen molar-refractivity contribution in [2.45, 2.75) is 5.16 Å². The van der Waals surface area contributed by atoms with Gasteiger partial charge in [0.2, 0.25) is 0 Å². The van der Waals surface area contributed by atoms with Gasteiger partial charge in [-0.1, -0.05) is 17.8 Å². The first kappa shape index (κ1) is 12.5. The summed E-state index contributed by atoms with van der Waals surface area (Å²) in [5.74, 6) is 1.50. The first-order chi connectivity index (χ1) is 8.79. The van der Waals surface area contributed by atoms with Gasteiger partial charge < -0.3 is 4.74 Å². The zero-order valence-electron chi connectivity index (χ0n) is 9.91. The molecule has 0 unspecified atom stereocenters. The number of thioether (sulfide) groups is 1. The van der Waals surface area contributed by atoms with E-state index in [0.29, 0.717) is 17.9 Å². The van der Waals surface area contributed by atoms with Crippen LogP contribution in [0.5, 0.6) is 5.75 Å². The zero-order chi connectivity index (χ0) is 12.8. The predicted molar refractivity (Wildman–Crippen MR) is 68.4 cm³/mol. The molecule has 0 spiro atoms. The largest absolute Gasteiger partial charge is 0.493 e. The number of ether oxygens (including phenoxy) is 1. The Morgan fingerprint density at radius 1 is 1.50 bits per heavy atom. The van der Waals surface area contributed by atoms with E-state index >= 15 is 0 Å². The van der Waals surface area contributed by atoms with E-state index < -0.39 is 0 Å². The minimum atomic E-state index is 0.562. The van der Waals surface area contributed by atoms with Gasteiger partial charge in [0.05, 0.1) is 18.2 Å². The average Bonchev–Trinajstić information content (AvgIpc) is 2.81. The van der Waals surface area contributed by atoms with Gasteiger partial charge in [-0.15, -0.1) is 0 Å². The monoisotopic (exact) mass is 260 g/mol. The molecule has 0 saturated heterocycles. The lowest BCUT2D eigenvalue weighted by Crippen LogP contribution is -2.02. The second kappa shape index (κ2) is 6.07. The molecule has 0 atom stereocenters.